The number of benzene rings is 2. The smallest absolute Gasteiger partial charge is 0.340 e. The molecule has 7 rings (SSSR count). The topological polar surface area (TPSA) is 125 Å². The number of hydrogen-bond donors (Lipinski definition) is 2. The quantitative estimate of drug-likeness (QED) is 0.269. The summed E-state index contributed by atoms with van der Waals surface area (Å²) in [6.07, 6.45) is 1.73. The van der Waals surface area contributed by atoms with Crippen LogP contribution in [0.1, 0.15) is 42.4 Å². The molecule has 10 nitrogen and oxygen atoms in total. The summed E-state index contributed by atoms with van der Waals surface area (Å²) in [5, 5.41) is 7.24. The summed E-state index contributed by atoms with van der Waals surface area (Å²) in [4.78, 5) is 40.8. The molecule has 1 amide bonds. The van der Waals surface area contributed by atoms with Gasteiger partial charge < -0.3 is 14.9 Å². The summed E-state index contributed by atoms with van der Waals surface area (Å²) in [5.74, 6) is -0.429. The highest BCUT2D eigenvalue weighted by atomic mass is 35.5. The van der Waals surface area contributed by atoms with Gasteiger partial charge in [0.05, 0.1) is 41.5 Å². The van der Waals surface area contributed by atoms with Gasteiger partial charge in [0, 0.05) is 28.3 Å². The number of carbonyl (C=O) groups excluding carboxylic acids is 1. The lowest BCUT2D eigenvalue weighted by molar-refractivity contribution is -0.141. The molecule has 3 aromatic heterocycles. The molecule has 0 spiro atoms. The molecular weight excluding hydrogens is 592 g/mol. The van der Waals surface area contributed by atoms with Crippen LogP contribution in [0.25, 0.3) is 33.6 Å². The second kappa shape index (κ2) is 9.87. The first-order chi connectivity index (χ1) is 20.6. The monoisotopic (exact) mass is 610 g/mol. The zero-order valence-electron chi connectivity index (χ0n) is 21.9. The minimum Gasteiger partial charge on any atom is -0.340 e. The summed E-state index contributed by atoms with van der Waals surface area (Å²) in [6.45, 7) is 0. The number of fused-ring (bicyclic) bond motifs is 2. The number of carbonyl (C=O) groups is 1. The van der Waals surface area contributed by atoms with Gasteiger partial charge in [-0.25, -0.2) is 19.0 Å². The summed E-state index contributed by atoms with van der Waals surface area (Å²) < 4.78 is 55.8. The van der Waals surface area contributed by atoms with Gasteiger partial charge in [0.2, 0.25) is 5.91 Å². The van der Waals surface area contributed by atoms with Gasteiger partial charge in [0.25, 0.3) is 5.56 Å². The third-order valence-electron chi connectivity index (χ3n) is 7.73. The molecule has 0 saturated carbocycles. The van der Waals surface area contributed by atoms with Crippen molar-refractivity contribution in [3.63, 3.8) is 0 Å². The molecule has 0 unspecified atom stereocenters. The average molecular weight is 611 g/mol. The SMILES string of the molecule is O=C1C=C(c2cc(Cl)ccc2-n2cc(C(F)(F)F)nn2)C[C@H]2CC[C@@H](c3ncc(-c4ccc5[nH]c(=O)cnc5c4F)[nH]3)N12. The first kappa shape index (κ1) is 27.0. The van der Waals surface area contributed by atoms with Crippen molar-refractivity contribution < 1.29 is 22.4 Å². The lowest BCUT2D eigenvalue weighted by Crippen LogP contribution is -2.39. The summed E-state index contributed by atoms with van der Waals surface area (Å²) in [7, 11) is 0. The first-order valence-electron chi connectivity index (χ1n) is 13.1. The van der Waals surface area contributed by atoms with Crippen LogP contribution in [-0.2, 0) is 11.0 Å². The number of aromatic nitrogens is 7. The van der Waals surface area contributed by atoms with Crippen LogP contribution in [-0.4, -0.2) is 51.8 Å². The molecule has 2 aromatic carbocycles. The second-order valence-corrected chi connectivity index (χ2v) is 10.8. The van der Waals surface area contributed by atoms with E-state index in [1.165, 1.54) is 30.5 Å². The molecular formula is C28H19ClF4N8O2. The third-order valence-corrected chi connectivity index (χ3v) is 7.97. The number of hydrogen-bond acceptors (Lipinski definition) is 6. The van der Waals surface area contributed by atoms with Gasteiger partial charge in [0.15, 0.2) is 11.5 Å². The van der Waals surface area contributed by atoms with E-state index < -0.39 is 29.3 Å². The Morgan fingerprint density at radius 1 is 1.00 bits per heavy atom. The van der Waals surface area contributed by atoms with Gasteiger partial charge in [-0.15, -0.1) is 5.10 Å². The van der Waals surface area contributed by atoms with Gasteiger partial charge >= 0.3 is 6.18 Å². The number of aromatic amines is 2. The Balaban J connectivity index is 1.19. The van der Waals surface area contributed by atoms with Crippen molar-refractivity contribution >= 4 is 34.1 Å². The molecule has 2 aliphatic rings. The first-order valence-corrected chi connectivity index (χ1v) is 13.5. The number of nitrogens with one attached hydrogen (secondary N) is 2. The molecule has 5 heterocycles. The van der Waals surface area contributed by atoms with Crippen LogP contribution in [0.5, 0.6) is 0 Å². The standard InChI is InChI=1S/C28H19ClF4N8O2/c29-14-1-5-20(40-12-22(38-39-40)28(31,32)33)17(9-14)13-7-15-2-6-21(41(15)24(43)8-13)27-35-10-19(37-27)16-3-4-18-26(25(16)30)34-11-23(42)36-18/h1,3-5,8-12,15,21H,2,6-7H2,(H,35,37)(H,36,42)/t15-,21+/m1/s1. The van der Waals surface area contributed by atoms with Crippen molar-refractivity contribution in [2.75, 3.05) is 0 Å². The predicted molar refractivity (Wildman–Crippen MR) is 146 cm³/mol. The molecule has 218 valence electrons. The van der Waals surface area contributed by atoms with Crippen molar-refractivity contribution in [3.8, 4) is 16.9 Å². The Kier molecular flexibility index (Phi) is 6.20. The average Bonchev–Trinajstić information content (AvgIpc) is 3.73. The number of halogens is 5. The van der Waals surface area contributed by atoms with Gasteiger partial charge in [-0.3, -0.25) is 9.59 Å². The van der Waals surface area contributed by atoms with Gasteiger partial charge in [-0.2, -0.15) is 13.2 Å². The van der Waals surface area contributed by atoms with Gasteiger partial charge in [0.1, 0.15) is 11.3 Å². The number of alkyl halides is 3. The van der Waals surface area contributed by atoms with E-state index in [0.717, 1.165) is 17.1 Å². The fourth-order valence-corrected chi connectivity index (χ4v) is 5.99. The molecule has 1 fully saturated rings. The minimum atomic E-state index is -4.66. The maximum absolute atomic E-state index is 15.3. The summed E-state index contributed by atoms with van der Waals surface area (Å²) >= 11 is 6.25. The Morgan fingerprint density at radius 3 is 2.63 bits per heavy atom. The molecule has 2 aliphatic heterocycles. The fourth-order valence-electron chi connectivity index (χ4n) is 5.82. The van der Waals surface area contributed by atoms with Crippen molar-refractivity contribution in [3.05, 3.63) is 93.3 Å². The highest BCUT2D eigenvalue weighted by Crippen LogP contribution is 2.43. The number of rotatable bonds is 4. The second-order valence-electron chi connectivity index (χ2n) is 10.3. The van der Waals surface area contributed by atoms with Crippen LogP contribution in [0.4, 0.5) is 17.6 Å². The van der Waals surface area contributed by atoms with E-state index in [1.54, 1.807) is 17.0 Å². The summed E-state index contributed by atoms with van der Waals surface area (Å²) in [6, 6.07) is 7.12. The normalized spacial score (nSPS) is 18.8. The number of nitrogens with zero attached hydrogens (tertiary/aromatic N) is 6. The predicted octanol–water partition coefficient (Wildman–Crippen LogP) is 5.22. The fraction of sp³-hybridized carbons (Fsp3) is 0.214. The zero-order valence-corrected chi connectivity index (χ0v) is 22.6. The van der Waals surface area contributed by atoms with Crippen LogP contribution in [0.15, 0.2) is 59.8 Å². The molecule has 1 saturated heterocycles. The number of H-pyrrole nitrogens is 2. The lowest BCUT2D eigenvalue weighted by Gasteiger charge is -2.33. The van der Waals surface area contributed by atoms with Crippen molar-refractivity contribution in [2.24, 2.45) is 0 Å². The van der Waals surface area contributed by atoms with E-state index in [2.05, 4.69) is 30.2 Å². The molecule has 43 heavy (non-hydrogen) atoms. The minimum absolute atomic E-state index is 0.0129. The van der Waals surface area contributed by atoms with E-state index >= 15 is 4.39 Å². The number of imidazole rings is 1. The van der Waals surface area contributed by atoms with Crippen LogP contribution < -0.4 is 5.56 Å². The highest BCUT2D eigenvalue weighted by Gasteiger charge is 2.42. The van der Waals surface area contributed by atoms with Crippen LogP contribution in [0, 0.1) is 5.82 Å². The Morgan fingerprint density at radius 2 is 1.84 bits per heavy atom. The summed E-state index contributed by atoms with van der Waals surface area (Å²) in [5.41, 5.74) is 0.690. The molecule has 15 heteroatoms. The lowest BCUT2D eigenvalue weighted by atomic mass is 9.92. The van der Waals surface area contributed by atoms with Crippen LogP contribution in [0.3, 0.4) is 0 Å². The Hall–Kier alpha value is -4.85. The Labute approximate surface area is 244 Å². The molecule has 0 bridgehead atoms. The van der Waals surface area contributed by atoms with Crippen molar-refractivity contribution in [2.45, 2.75) is 37.5 Å². The largest absolute Gasteiger partial charge is 0.436 e. The molecule has 0 radical (unpaired) electrons. The van der Waals surface area contributed by atoms with E-state index in [-0.39, 0.29) is 28.5 Å². The maximum atomic E-state index is 15.3. The van der Waals surface area contributed by atoms with Crippen LogP contribution >= 0.6 is 11.6 Å². The maximum Gasteiger partial charge on any atom is 0.436 e. The van der Waals surface area contributed by atoms with Gasteiger partial charge in [-0.1, -0.05) is 16.8 Å². The Bertz CT molecular complexity index is 2010. The molecule has 0 aliphatic carbocycles. The van der Waals surface area contributed by atoms with E-state index in [0.29, 0.717) is 52.6 Å². The van der Waals surface area contributed by atoms with Crippen molar-refractivity contribution in [1.29, 1.82) is 0 Å². The highest BCUT2D eigenvalue weighted by molar-refractivity contribution is 6.30. The molecule has 2 atom stereocenters. The van der Waals surface area contributed by atoms with E-state index in [1.807, 2.05) is 0 Å². The molecule has 5 aromatic rings. The zero-order chi connectivity index (χ0) is 30.0. The van der Waals surface area contributed by atoms with Crippen LogP contribution in [0.2, 0.25) is 5.02 Å². The van der Waals surface area contributed by atoms with E-state index in [9.17, 15) is 22.8 Å². The number of amides is 1. The van der Waals surface area contributed by atoms with Gasteiger partial charge in [-0.05, 0) is 55.2 Å². The van der Waals surface area contributed by atoms with E-state index in [4.69, 9.17) is 11.6 Å². The third kappa shape index (κ3) is 4.67. The molecule has 2 N–H and O–H groups in total. The van der Waals surface area contributed by atoms with Crippen molar-refractivity contribution in [1.82, 2.24) is 39.8 Å².